The van der Waals surface area contributed by atoms with Crippen LogP contribution in [0.25, 0.3) is 0 Å². The molecular formula is C22H32O4. The summed E-state index contributed by atoms with van der Waals surface area (Å²) >= 11 is 0. The highest BCUT2D eigenvalue weighted by Crippen LogP contribution is 2.45. The molecule has 1 aliphatic heterocycles. The molecule has 0 aromatic rings. The van der Waals surface area contributed by atoms with Crippen molar-refractivity contribution in [3.8, 4) is 0 Å². The second-order valence-corrected chi connectivity index (χ2v) is 8.93. The van der Waals surface area contributed by atoms with Crippen molar-refractivity contribution in [2.45, 2.75) is 90.6 Å². The van der Waals surface area contributed by atoms with E-state index >= 15 is 0 Å². The maximum absolute atomic E-state index is 12.6. The molecule has 0 fully saturated rings. The molecule has 0 saturated carbocycles. The molecule has 1 atom stereocenters. The highest BCUT2D eigenvalue weighted by atomic mass is 16.5. The van der Waals surface area contributed by atoms with Gasteiger partial charge in [-0.25, -0.2) is 0 Å². The van der Waals surface area contributed by atoms with Gasteiger partial charge in [0.2, 0.25) is 0 Å². The van der Waals surface area contributed by atoms with Gasteiger partial charge in [0.05, 0.1) is 5.60 Å². The molecule has 0 aromatic carbocycles. The van der Waals surface area contributed by atoms with E-state index in [2.05, 4.69) is 6.92 Å². The van der Waals surface area contributed by atoms with E-state index in [0.717, 1.165) is 74.0 Å². The van der Waals surface area contributed by atoms with Crippen LogP contribution < -0.4 is 0 Å². The van der Waals surface area contributed by atoms with Crippen LogP contribution in [-0.4, -0.2) is 22.3 Å². The summed E-state index contributed by atoms with van der Waals surface area (Å²) in [7, 11) is 0. The maximum Gasteiger partial charge on any atom is 0.162 e. The minimum absolute atomic E-state index is 0.0773. The van der Waals surface area contributed by atoms with Crippen LogP contribution in [0.3, 0.4) is 0 Å². The first-order valence-corrected chi connectivity index (χ1v) is 10.2. The molecule has 0 bridgehead atoms. The van der Waals surface area contributed by atoms with Crippen molar-refractivity contribution in [2.75, 3.05) is 0 Å². The first kappa shape index (κ1) is 19.3. The molecule has 3 rings (SSSR count). The third kappa shape index (κ3) is 4.28. The number of hydrogen-bond donors (Lipinski definition) is 1. The van der Waals surface area contributed by atoms with Gasteiger partial charge < -0.3 is 9.84 Å². The zero-order valence-corrected chi connectivity index (χ0v) is 16.4. The zero-order chi connectivity index (χ0) is 18.9. The van der Waals surface area contributed by atoms with Crippen molar-refractivity contribution in [1.82, 2.24) is 0 Å². The molecule has 0 radical (unpaired) electrons. The van der Waals surface area contributed by atoms with Crippen molar-refractivity contribution in [2.24, 2.45) is 11.8 Å². The number of hydrogen-bond acceptors (Lipinski definition) is 4. The van der Waals surface area contributed by atoms with Gasteiger partial charge >= 0.3 is 0 Å². The summed E-state index contributed by atoms with van der Waals surface area (Å²) in [6.45, 7) is 5.87. The van der Waals surface area contributed by atoms with Crippen LogP contribution in [0.4, 0.5) is 0 Å². The van der Waals surface area contributed by atoms with Gasteiger partial charge in [-0.05, 0) is 45.4 Å². The predicted molar refractivity (Wildman–Crippen MR) is 100 cm³/mol. The number of Topliss-reactive ketones (excluding diaryl/α,β-unsaturated/α-hetero) is 2. The van der Waals surface area contributed by atoms with E-state index < -0.39 is 5.60 Å². The minimum atomic E-state index is -0.636. The van der Waals surface area contributed by atoms with E-state index in [-0.39, 0.29) is 17.5 Å². The molecular weight excluding hydrogens is 328 g/mol. The van der Waals surface area contributed by atoms with Gasteiger partial charge in [0.1, 0.15) is 11.5 Å². The van der Waals surface area contributed by atoms with Crippen LogP contribution in [0.5, 0.6) is 0 Å². The average Bonchev–Trinajstić information content (AvgIpc) is 2.53. The lowest BCUT2D eigenvalue weighted by atomic mass is 9.72. The van der Waals surface area contributed by atoms with Gasteiger partial charge in [-0.3, -0.25) is 9.59 Å². The third-order valence-corrected chi connectivity index (χ3v) is 5.88. The quantitative estimate of drug-likeness (QED) is 0.751. The van der Waals surface area contributed by atoms with Crippen LogP contribution in [0.1, 0.15) is 85.0 Å². The third-order valence-electron chi connectivity index (χ3n) is 5.88. The number of ketones is 2. The molecule has 144 valence electrons. The van der Waals surface area contributed by atoms with Gasteiger partial charge in [0.15, 0.2) is 11.6 Å². The SMILES string of the molecule is C[C@H](CCCC(C)(C)O)CC1C2=C(CCCC2=O)OC2=C1C(=O)CCC2. The fourth-order valence-electron chi connectivity index (χ4n) is 4.59. The highest BCUT2D eigenvalue weighted by Gasteiger charge is 2.41. The van der Waals surface area contributed by atoms with E-state index in [1.807, 2.05) is 13.8 Å². The van der Waals surface area contributed by atoms with Crippen molar-refractivity contribution in [3.05, 3.63) is 22.7 Å². The Bertz CT molecular complexity index is 606. The van der Waals surface area contributed by atoms with Crippen molar-refractivity contribution >= 4 is 11.6 Å². The maximum atomic E-state index is 12.6. The standard InChI is InChI=1S/C22H32O4/c1-14(7-6-12-22(2,3)25)13-15-20-16(23)8-4-10-18(20)26-19-11-5-9-17(24)21(15)19/h14-15,25H,4-13H2,1-3H3/t14-/m1/s1. The van der Waals surface area contributed by atoms with E-state index in [1.54, 1.807) is 0 Å². The van der Waals surface area contributed by atoms with Gasteiger partial charge in [-0.1, -0.05) is 19.8 Å². The lowest BCUT2D eigenvalue weighted by Crippen LogP contribution is -2.32. The van der Waals surface area contributed by atoms with Crippen LogP contribution in [0.15, 0.2) is 22.7 Å². The van der Waals surface area contributed by atoms with Crippen LogP contribution in [0.2, 0.25) is 0 Å². The topological polar surface area (TPSA) is 63.6 Å². The van der Waals surface area contributed by atoms with E-state index in [1.165, 1.54) is 0 Å². The van der Waals surface area contributed by atoms with E-state index in [4.69, 9.17) is 4.74 Å². The Kier molecular flexibility index (Phi) is 5.71. The van der Waals surface area contributed by atoms with Crippen LogP contribution in [-0.2, 0) is 14.3 Å². The summed E-state index contributed by atoms with van der Waals surface area (Å²) in [6, 6.07) is 0. The normalized spacial score (nSPS) is 22.9. The number of aliphatic hydroxyl groups is 1. The molecule has 0 saturated heterocycles. The van der Waals surface area contributed by atoms with Gasteiger partial charge in [-0.15, -0.1) is 0 Å². The molecule has 3 aliphatic rings. The monoisotopic (exact) mass is 360 g/mol. The fraction of sp³-hybridized carbons (Fsp3) is 0.727. The highest BCUT2D eigenvalue weighted by molar-refractivity contribution is 6.04. The Balaban J connectivity index is 1.79. The summed E-state index contributed by atoms with van der Waals surface area (Å²) < 4.78 is 6.06. The summed E-state index contributed by atoms with van der Waals surface area (Å²) in [6.07, 6.45) is 8.01. The molecule has 4 heteroatoms. The molecule has 0 spiro atoms. The van der Waals surface area contributed by atoms with E-state index in [9.17, 15) is 14.7 Å². The molecule has 4 nitrogen and oxygen atoms in total. The smallest absolute Gasteiger partial charge is 0.162 e. The molecule has 1 heterocycles. The molecule has 2 aliphatic carbocycles. The van der Waals surface area contributed by atoms with Gasteiger partial charge in [-0.2, -0.15) is 0 Å². The zero-order valence-electron chi connectivity index (χ0n) is 16.4. The Morgan fingerprint density at radius 3 is 2.08 bits per heavy atom. The first-order chi connectivity index (χ1) is 12.3. The van der Waals surface area contributed by atoms with Gasteiger partial charge in [0, 0.05) is 42.7 Å². The lowest BCUT2D eigenvalue weighted by molar-refractivity contribution is -0.118. The Morgan fingerprint density at radius 2 is 1.58 bits per heavy atom. The van der Waals surface area contributed by atoms with Crippen molar-refractivity contribution in [3.63, 3.8) is 0 Å². The molecule has 0 aromatic heterocycles. The Hall–Kier alpha value is -1.42. The lowest BCUT2D eigenvalue weighted by Gasteiger charge is -2.36. The van der Waals surface area contributed by atoms with Crippen LogP contribution >= 0.6 is 0 Å². The largest absolute Gasteiger partial charge is 0.465 e. The number of rotatable bonds is 6. The fourth-order valence-corrected chi connectivity index (χ4v) is 4.59. The van der Waals surface area contributed by atoms with E-state index in [0.29, 0.717) is 18.8 Å². The molecule has 26 heavy (non-hydrogen) atoms. The average molecular weight is 360 g/mol. The second-order valence-electron chi connectivity index (χ2n) is 8.93. The Morgan fingerprint density at radius 1 is 1.04 bits per heavy atom. The van der Waals surface area contributed by atoms with Crippen LogP contribution in [0, 0.1) is 11.8 Å². The Labute approximate surface area is 156 Å². The van der Waals surface area contributed by atoms with Crippen molar-refractivity contribution in [1.29, 1.82) is 0 Å². The molecule has 0 amide bonds. The summed E-state index contributed by atoms with van der Waals surface area (Å²) in [5.74, 6) is 2.33. The number of carbonyl (C=O) groups excluding carboxylic acids is 2. The molecule has 1 N–H and O–H groups in total. The number of carbonyl (C=O) groups is 2. The molecule has 0 unspecified atom stereocenters. The van der Waals surface area contributed by atoms with Crippen molar-refractivity contribution < 1.29 is 19.4 Å². The minimum Gasteiger partial charge on any atom is -0.465 e. The number of allylic oxidation sites excluding steroid dienone is 4. The summed E-state index contributed by atoms with van der Waals surface area (Å²) in [5, 5.41) is 9.91. The van der Waals surface area contributed by atoms with Gasteiger partial charge in [0.25, 0.3) is 0 Å². The summed E-state index contributed by atoms with van der Waals surface area (Å²) in [5.41, 5.74) is 0.946. The second kappa shape index (κ2) is 7.67. The summed E-state index contributed by atoms with van der Waals surface area (Å²) in [4.78, 5) is 25.3. The predicted octanol–water partition coefficient (Wildman–Crippen LogP) is 4.61. The number of ether oxygens (including phenoxy) is 1. The first-order valence-electron chi connectivity index (χ1n) is 10.2.